The van der Waals surface area contributed by atoms with E-state index in [1.54, 1.807) is 0 Å². The summed E-state index contributed by atoms with van der Waals surface area (Å²) >= 11 is 0. The topological polar surface area (TPSA) is 58.6 Å². The molecule has 0 radical (unpaired) electrons. The number of benzene rings is 1. The third-order valence-corrected chi connectivity index (χ3v) is 2.88. The third-order valence-electron chi connectivity index (χ3n) is 2.88. The lowest BCUT2D eigenvalue weighted by atomic mass is 10.1. The molecule has 0 saturated carbocycles. The van der Waals surface area contributed by atoms with E-state index in [0.29, 0.717) is 6.42 Å². The number of hydrogen-bond donors (Lipinski definition) is 2. The van der Waals surface area contributed by atoms with E-state index in [0.717, 1.165) is 16.9 Å². The van der Waals surface area contributed by atoms with Gasteiger partial charge >= 0.3 is 0 Å². The van der Waals surface area contributed by atoms with Gasteiger partial charge in [0.1, 0.15) is 5.75 Å². The Hall–Kier alpha value is -1.55. The summed E-state index contributed by atoms with van der Waals surface area (Å²) in [6, 6.07) is 5.73. The molecule has 1 aromatic carbocycles. The van der Waals surface area contributed by atoms with Gasteiger partial charge in [-0.25, -0.2) is 0 Å². The fourth-order valence-electron chi connectivity index (χ4n) is 1.61. The first-order chi connectivity index (χ1) is 8.54. The Kier molecular flexibility index (Phi) is 5.65. The maximum atomic E-state index is 11.6. The summed E-state index contributed by atoms with van der Waals surface area (Å²) in [5, 5.41) is 11.5. The Morgan fingerprint density at radius 3 is 2.83 bits per heavy atom. The lowest BCUT2D eigenvalue weighted by Crippen LogP contribution is -2.36. The zero-order valence-corrected chi connectivity index (χ0v) is 11.2. The van der Waals surface area contributed by atoms with Crippen molar-refractivity contribution in [2.24, 2.45) is 0 Å². The van der Waals surface area contributed by atoms with Gasteiger partial charge in [-0.2, -0.15) is 0 Å². The lowest BCUT2D eigenvalue weighted by Gasteiger charge is -2.14. The van der Waals surface area contributed by atoms with Crippen molar-refractivity contribution < 1.29 is 14.6 Å². The molecule has 0 aliphatic carbocycles. The Morgan fingerprint density at radius 1 is 1.44 bits per heavy atom. The van der Waals surface area contributed by atoms with Gasteiger partial charge in [-0.15, -0.1) is 0 Å². The molecule has 0 heterocycles. The van der Waals surface area contributed by atoms with Gasteiger partial charge in [0.05, 0.1) is 0 Å². The highest BCUT2D eigenvalue weighted by Crippen LogP contribution is 2.20. The van der Waals surface area contributed by atoms with Crippen LogP contribution >= 0.6 is 0 Å². The third kappa shape index (κ3) is 4.37. The Morgan fingerprint density at radius 2 is 2.17 bits per heavy atom. The van der Waals surface area contributed by atoms with Crippen LogP contribution in [0.2, 0.25) is 0 Å². The van der Waals surface area contributed by atoms with Crippen molar-refractivity contribution >= 4 is 5.91 Å². The summed E-state index contributed by atoms with van der Waals surface area (Å²) in [4.78, 5) is 11.6. The molecule has 0 saturated heterocycles. The van der Waals surface area contributed by atoms with Gasteiger partial charge in [-0.05, 0) is 44.4 Å². The molecule has 4 heteroatoms. The van der Waals surface area contributed by atoms with Gasteiger partial charge in [-0.1, -0.05) is 12.1 Å². The summed E-state index contributed by atoms with van der Waals surface area (Å²) < 4.78 is 5.48. The molecule has 1 atom stereocenters. The molecule has 2 N–H and O–H groups in total. The number of amides is 1. The van der Waals surface area contributed by atoms with Crippen LogP contribution in [0.3, 0.4) is 0 Å². The second-order valence-electron chi connectivity index (χ2n) is 4.47. The van der Waals surface area contributed by atoms with Crippen LogP contribution in [0.1, 0.15) is 24.5 Å². The molecule has 0 aliphatic rings. The number of aliphatic hydroxyl groups excluding tert-OH is 1. The lowest BCUT2D eigenvalue weighted by molar-refractivity contribution is -0.123. The fourth-order valence-corrected chi connectivity index (χ4v) is 1.61. The second kappa shape index (κ2) is 7.01. The number of hydrogen-bond acceptors (Lipinski definition) is 3. The van der Waals surface area contributed by atoms with Crippen LogP contribution in [-0.2, 0) is 4.79 Å². The van der Waals surface area contributed by atoms with E-state index >= 15 is 0 Å². The molecule has 0 aliphatic heterocycles. The number of ether oxygens (including phenoxy) is 1. The minimum absolute atomic E-state index is 0.0000614. The number of carbonyl (C=O) groups is 1. The van der Waals surface area contributed by atoms with Gasteiger partial charge in [0, 0.05) is 12.6 Å². The monoisotopic (exact) mass is 251 g/mol. The van der Waals surface area contributed by atoms with Gasteiger partial charge in [-0.3, -0.25) is 4.79 Å². The molecular weight excluding hydrogens is 230 g/mol. The van der Waals surface area contributed by atoms with E-state index in [9.17, 15) is 4.79 Å². The molecule has 1 amide bonds. The van der Waals surface area contributed by atoms with E-state index in [1.165, 1.54) is 0 Å². The van der Waals surface area contributed by atoms with E-state index in [1.807, 2.05) is 39.0 Å². The van der Waals surface area contributed by atoms with Crippen LogP contribution in [0, 0.1) is 13.8 Å². The van der Waals surface area contributed by atoms with Crippen molar-refractivity contribution in [1.29, 1.82) is 0 Å². The highest BCUT2D eigenvalue weighted by Gasteiger charge is 2.08. The zero-order chi connectivity index (χ0) is 13.5. The largest absolute Gasteiger partial charge is 0.483 e. The molecule has 4 nitrogen and oxygen atoms in total. The van der Waals surface area contributed by atoms with Crippen LogP contribution in [0.15, 0.2) is 18.2 Å². The highest BCUT2D eigenvalue weighted by molar-refractivity contribution is 5.77. The van der Waals surface area contributed by atoms with Crippen molar-refractivity contribution in [1.82, 2.24) is 5.32 Å². The van der Waals surface area contributed by atoms with Crippen LogP contribution in [0.25, 0.3) is 0 Å². The number of carbonyl (C=O) groups excluding carboxylic acids is 1. The summed E-state index contributed by atoms with van der Waals surface area (Å²) in [5.41, 5.74) is 2.19. The van der Waals surface area contributed by atoms with Crippen molar-refractivity contribution in [3.63, 3.8) is 0 Å². The molecule has 1 unspecified atom stereocenters. The Balaban J connectivity index is 2.45. The molecule has 0 spiro atoms. The van der Waals surface area contributed by atoms with Crippen molar-refractivity contribution in [3.8, 4) is 5.75 Å². The number of rotatable bonds is 6. The van der Waals surface area contributed by atoms with Crippen LogP contribution in [-0.4, -0.2) is 30.3 Å². The number of aryl methyl sites for hydroxylation is 1. The van der Waals surface area contributed by atoms with Crippen molar-refractivity contribution in [2.45, 2.75) is 33.2 Å². The molecule has 100 valence electrons. The first kappa shape index (κ1) is 14.5. The maximum absolute atomic E-state index is 11.6. The molecule has 1 aromatic rings. The molecule has 0 fully saturated rings. The molecule has 0 aromatic heterocycles. The van der Waals surface area contributed by atoms with Crippen molar-refractivity contribution in [3.05, 3.63) is 29.3 Å². The Bertz CT molecular complexity index is 404. The number of nitrogens with one attached hydrogen (secondary N) is 1. The minimum Gasteiger partial charge on any atom is -0.483 e. The summed E-state index contributed by atoms with van der Waals surface area (Å²) in [6.45, 7) is 5.90. The van der Waals surface area contributed by atoms with Crippen molar-refractivity contribution in [2.75, 3.05) is 13.2 Å². The predicted octanol–water partition coefficient (Wildman–Crippen LogP) is 1.57. The van der Waals surface area contributed by atoms with Gasteiger partial charge < -0.3 is 15.2 Å². The summed E-state index contributed by atoms with van der Waals surface area (Å²) in [5.74, 6) is 0.566. The average Bonchev–Trinajstić information content (AvgIpc) is 2.31. The van der Waals surface area contributed by atoms with E-state index in [-0.39, 0.29) is 25.2 Å². The standard InChI is InChI=1S/C14H21NO3/c1-10-5-4-6-13(12(10)3)18-9-14(17)15-11(2)7-8-16/h4-6,11,16H,7-9H2,1-3H3,(H,15,17). The van der Waals surface area contributed by atoms with E-state index < -0.39 is 0 Å². The van der Waals surface area contributed by atoms with E-state index in [4.69, 9.17) is 9.84 Å². The molecule has 0 bridgehead atoms. The fraction of sp³-hybridized carbons (Fsp3) is 0.500. The SMILES string of the molecule is Cc1cccc(OCC(=O)NC(C)CCO)c1C. The zero-order valence-electron chi connectivity index (χ0n) is 11.2. The summed E-state index contributed by atoms with van der Waals surface area (Å²) in [6.07, 6.45) is 0.551. The second-order valence-corrected chi connectivity index (χ2v) is 4.47. The summed E-state index contributed by atoms with van der Waals surface area (Å²) in [7, 11) is 0. The quantitative estimate of drug-likeness (QED) is 0.807. The van der Waals surface area contributed by atoms with Gasteiger partial charge in [0.2, 0.25) is 0 Å². The molecular formula is C14H21NO3. The van der Waals surface area contributed by atoms with Crippen LogP contribution < -0.4 is 10.1 Å². The maximum Gasteiger partial charge on any atom is 0.258 e. The van der Waals surface area contributed by atoms with Crippen LogP contribution in [0.4, 0.5) is 0 Å². The Labute approximate surface area is 108 Å². The molecule has 18 heavy (non-hydrogen) atoms. The predicted molar refractivity (Wildman–Crippen MR) is 70.7 cm³/mol. The highest BCUT2D eigenvalue weighted by atomic mass is 16.5. The average molecular weight is 251 g/mol. The smallest absolute Gasteiger partial charge is 0.258 e. The van der Waals surface area contributed by atoms with Gasteiger partial charge in [0.15, 0.2) is 6.61 Å². The first-order valence-corrected chi connectivity index (χ1v) is 6.13. The minimum atomic E-state index is -0.170. The van der Waals surface area contributed by atoms with Crippen LogP contribution in [0.5, 0.6) is 5.75 Å². The first-order valence-electron chi connectivity index (χ1n) is 6.13. The number of aliphatic hydroxyl groups is 1. The van der Waals surface area contributed by atoms with E-state index in [2.05, 4.69) is 5.32 Å². The molecule has 1 rings (SSSR count). The normalized spacial score (nSPS) is 12.0. The van der Waals surface area contributed by atoms with Gasteiger partial charge in [0.25, 0.3) is 5.91 Å².